The summed E-state index contributed by atoms with van der Waals surface area (Å²) >= 11 is 0. The van der Waals surface area contributed by atoms with Crippen LogP contribution in [0.1, 0.15) is 63.4 Å². The van der Waals surface area contributed by atoms with Gasteiger partial charge in [-0.05, 0) is 63.0 Å². The van der Waals surface area contributed by atoms with Crippen molar-refractivity contribution in [3.8, 4) is 0 Å². The Morgan fingerprint density at radius 3 is 2.52 bits per heavy atom. The molecule has 5 heteroatoms. The molecule has 25 heavy (non-hydrogen) atoms. The van der Waals surface area contributed by atoms with Gasteiger partial charge in [-0.1, -0.05) is 18.9 Å². The second kappa shape index (κ2) is 8.45. The summed E-state index contributed by atoms with van der Waals surface area (Å²) in [4.78, 5) is 28.8. The molecule has 0 atom stereocenters. The van der Waals surface area contributed by atoms with Crippen LogP contribution in [0.5, 0.6) is 0 Å². The smallest absolute Gasteiger partial charge is 0.228 e. The first-order valence-corrected chi connectivity index (χ1v) is 9.63. The summed E-state index contributed by atoms with van der Waals surface area (Å²) in [5, 5.41) is 6.13. The lowest BCUT2D eigenvalue weighted by molar-refractivity contribution is -0.123. The average Bonchev–Trinajstić information content (AvgIpc) is 3.10. The molecule has 0 bridgehead atoms. The fraction of sp³-hybridized carbons (Fsp3) is 0.650. The van der Waals surface area contributed by atoms with Gasteiger partial charge in [0.05, 0.1) is 0 Å². The summed E-state index contributed by atoms with van der Waals surface area (Å²) in [6, 6.07) is 4.04. The van der Waals surface area contributed by atoms with E-state index in [1.807, 2.05) is 19.1 Å². The second-order valence-corrected chi connectivity index (χ2v) is 7.63. The molecule has 2 amide bonds. The first kappa shape index (κ1) is 17.9. The Hall–Kier alpha value is -1.91. The molecule has 0 saturated heterocycles. The second-order valence-electron chi connectivity index (χ2n) is 7.63. The molecule has 0 aliphatic heterocycles. The number of aromatic nitrogens is 1. The van der Waals surface area contributed by atoms with Crippen LogP contribution in [0.3, 0.4) is 0 Å². The van der Waals surface area contributed by atoms with E-state index < -0.39 is 0 Å². The highest BCUT2D eigenvalue weighted by Crippen LogP contribution is 2.29. The molecule has 2 N–H and O–H groups in total. The zero-order valence-electron chi connectivity index (χ0n) is 15.1. The van der Waals surface area contributed by atoms with E-state index in [4.69, 9.17) is 0 Å². The number of hydrogen-bond acceptors (Lipinski definition) is 3. The van der Waals surface area contributed by atoms with Gasteiger partial charge in [-0.15, -0.1) is 0 Å². The third-order valence-electron chi connectivity index (χ3n) is 5.66. The molecule has 1 heterocycles. The van der Waals surface area contributed by atoms with E-state index in [0.717, 1.165) is 31.2 Å². The van der Waals surface area contributed by atoms with Gasteiger partial charge < -0.3 is 10.6 Å². The molecule has 5 nitrogen and oxygen atoms in total. The number of nitrogens with one attached hydrogen (secondary N) is 2. The zero-order valence-corrected chi connectivity index (χ0v) is 15.1. The van der Waals surface area contributed by atoms with Crippen molar-refractivity contribution < 1.29 is 9.59 Å². The van der Waals surface area contributed by atoms with Crippen LogP contribution in [0.2, 0.25) is 0 Å². The number of carbonyl (C=O) groups is 2. The normalized spacial score (nSPS) is 24.0. The predicted molar refractivity (Wildman–Crippen MR) is 98.1 cm³/mol. The minimum absolute atomic E-state index is 0.0180. The van der Waals surface area contributed by atoms with E-state index in [9.17, 15) is 9.59 Å². The number of amides is 2. The van der Waals surface area contributed by atoms with Crippen molar-refractivity contribution in [2.45, 2.75) is 70.8 Å². The van der Waals surface area contributed by atoms with Crippen molar-refractivity contribution in [2.75, 3.05) is 5.32 Å². The number of pyridine rings is 1. The van der Waals surface area contributed by atoms with Gasteiger partial charge >= 0.3 is 0 Å². The summed E-state index contributed by atoms with van der Waals surface area (Å²) in [7, 11) is 0. The van der Waals surface area contributed by atoms with E-state index in [0.29, 0.717) is 18.2 Å². The van der Waals surface area contributed by atoms with Crippen LogP contribution in [-0.2, 0) is 9.59 Å². The van der Waals surface area contributed by atoms with Gasteiger partial charge in [0, 0.05) is 24.6 Å². The van der Waals surface area contributed by atoms with Crippen LogP contribution >= 0.6 is 0 Å². The van der Waals surface area contributed by atoms with E-state index >= 15 is 0 Å². The van der Waals surface area contributed by atoms with Crippen LogP contribution < -0.4 is 10.6 Å². The molecule has 136 valence electrons. The Bertz CT molecular complexity index is 603. The van der Waals surface area contributed by atoms with E-state index in [-0.39, 0.29) is 23.8 Å². The molecule has 0 spiro atoms. The molecular weight excluding hydrogens is 314 g/mol. The first-order chi connectivity index (χ1) is 12.1. The Morgan fingerprint density at radius 2 is 1.84 bits per heavy atom. The number of carbonyl (C=O) groups excluding carboxylic acids is 2. The lowest BCUT2D eigenvalue weighted by Gasteiger charge is -2.28. The van der Waals surface area contributed by atoms with Crippen molar-refractivity contribution >= 4 is 17.6 Å². The molecule has 2 fully saturated rings. The van der Waals surface area contributed by atoms with Crippen LogP contribution in [0.15, 0.2) is 18.3 Å². The Kier molecular flexibility index (Phi) is 6.05. The molecular formula is C20H29N3O2. The molecule has 0 aromatic carbocycles. The minimum Gasteiger partial charge on any atom is -0.353 e. The molecule has 2 aliphatic rings. The zero-order chi connectivity index (χ0) is 17.6. The van der Waals surface area contributed by atoms with Gasteiger partial charge in [-0.25, -0.2) is 4.98 Å². The summed E-state index contributed by atoms with van der Waals surface area (Å²) in [5.74, 6) is 1.51. The van der Waals surface area contributed by atoms with Gasteiger partial charge in [0.15, 0.2) is 0 Å². The standard InChI is InChI=1S/C20H29N3O2/c1-14-5-4-12-21-19(14)23-20(25)16-8-10-17(11-9-16)22-18(24)13-15-6-2-3-7-15/h4-5,12,15-17H,2-3,6-11,13H2,1H3,(H,22,24)(H,21,23,25). The molecule has 1 aromatic rings. The number of nitrogens with zero attached hydrogens (tertiary/aromatic N) is 1. The van der Waals surface area contributed by atoms with Crippen LogP contribution in [0.25, 0.3) is 0 Å². The lowest BCUT2D eigenvalue weighted by Crippen LogP contribution is -2.40. The first-order valence-electron chi connectivity index (χ1n) is 9.63. The highest BCUT2D eigenvalue weighted by molar-refractivity contribution is 5.92. The van der Waals surface area contributed by atoms with Gasteiger partial charge in [0.1, 0.15) is 5.82 Å². The Balaban J connectivity index is 1.41. The Morgan fingerprint density at radius 1 is 1.12 bits per heavy atom. The number of aryl methyl sites for hydroxylation is 1. The molecule has 0 radical (unpaired) electrons. The fourth-order valence-corrected chi connectivity index (χ4v) is 4.10. The van der Waals surface area contributed by atoms with E-state index in [1.54, 1.807) is 6.20 Å². The van der Waals surface area contributed by atoms with Crippen molar-refractivity contribution in [1.82, 2.24) is 10.3 Å². The summed E-state index contributed by atoms with van der Waals surface area (Å²) in [5.41, 5.74) is 0.976. The van der Waals surface area contributed by atoms with Gasteiger partial charge in [0.2, 0.25) is 11.8 Å². The third kappa shape index (κ3) is 5.03. The quantitative estimate of drug-likeness (QED) is 0.858. The van der Waals surface area contributed by atoms with Crippen molar-refractivity contribution in [3.05, 3.63) is 23.9 Å². The highest BCUT2D eigenvalue weighted by Gasteiger charge is 2.28. The topological polar surface area (TPSA) is 71.1 Å². The lowest BCUT2D eigenvalue weighted by atomic mass is 9.85. The number of rotatable bonds is 5. The maximum absolute atomic E-state index is 12.4. The number of anilines is 1. The number of hydrogen-bond donors (Lipinski definition) is 2. The van der Waals surface area contributed by atoms with Gasteiger partial charge in [-0.2, -0.15) is 0 Å². The maximum atomic E-state index is 12.4. The molecule has 0 unspecified atom stereocenters. The van der Waals surface area contributed by atoms with Crippen LogP contribution in [0, 0.1) is 18.8 Å². The molecule has 2 aliphatic carbocycles. The van der Waals surface area contributed by atoms with Gasteiger partial charge in [-0.3, -0.25) is 9.59 Å². The average molecular weight is 343 g/mol. The Labute approximate surface area is 150 Å². The maximum Gasteiger partial charge on any atom is 0.228 e. The summed E-state index contributed by atoms with van der Waals surface area (Å²) in [6.07, 6.45) is 10.7. The highest BCUT2D eigenvalue weighted by atomic mass is 16.2. The molecule has 3 rings (SSSR count). The van der Waals surface area contributed by atoms with Crippen molar-refractivity contribution in [1.29, 1.82) is 0 Å². The third-order valence-corrected chi connectivity index (χ3v) is 5.66. The monoisotopic (exact) mass is 343 g/mol. The van der Waals surface area contributed by atoms with E-state index in [1.165, 1.54) is 25.7 Å². The minimum atomic E-state index is 0.0180. The largest absolute Gasteiger partial charge is 0.353 e. The summed E-state index contributed by atoms with van der Waals surface area (Å²) in [6.45, 7) is 1.94. The molecule has 1 aromatic heterocycles. The predicted octanol–water partition coefficient (Wildman–Crippen LogP) is 3.58. The van der Waals surface area contributed by atoms with Crippen LogP contribution in [-0.4, -0.2) is 22.8 Å². The van der Waals surface area contributed by atoms with Crippen molar-refractivity contribution in [3.63, 3.8) is 0 Å². The van der Waals surface area contributed by atoms with E-state index in [2.05, 4.69) is 15.6 Å². The van der Waals surface area contributed by atoms with Crippen molar-refractivity contribution in [2.24, 2.45) is 11.8 Å². The SMILES string of the molecule is Cc1cccnc1NC(=O)C1CCC(NC(=O)CC2CCCC2)CC1. The molecule has 2 saturated carbocycles. The van der Waals surface area contributed by atoms with Crippen LogP contribution in [0.4, 0.5) is 5.82 Å². The fourth-order valence-electron chi connectivity index (χ4n) is 4.10. The van der Waals surface area contributed by atoms with Gasteiger partial charge in [0.25, 0.3) is 0 Å². The summed E-state index contributed by atoms with van der Waals surface area (Å²) < 4.78 is 0.